The van der Waals surface area contributed by atoms with Crippen molar-refractivity contribution in [2.45, 2.75) is 6.04 Å². The summed E-state index contributed by atoms with van der Waals surface area (Å²) in [6, 6.07) is -0.348. The van der Waals surface area contributed by atoms with E-state index < -0.39 is 0 Å². The van der Waals surface area contributed by atoms with Gasteiger partial charge in [-0.3, -0.25) is 4.79 Å². The average Bonchev–Trinajstić information content (AvgIpc) is 2.29. The Kier molecular flexibility index (Phi) is 5.07. The number of hydrogen-bond acceptors (Lipinski definition) is 2. The van der Waals surface area contributed by atoms with Gasteiger partial charge < -0.3 is 9.64 Å². The van der Waals surface area contributed by atoms with Crippen LogP contribution in [0.1, 0.15) is 0 Å². The Bertz CT molecular complexity index is 225. The van der Waals surface area contributed by atoms with Crippen molar-refractivity contribution in [1.29, 1.82) is 0 Å². The van der Waals surface area contributed by atoms with Crippen molar-refractivity contribution in [1.82, 2.24) is 10.2 Å². The Labute approximate surface area is 90.6 Å². The van der Waals surface area contributed by atoms with Crippen molar-refractivity contribution in [2.75, 3.05) is 32.8 Å². The fourth-order valence-electron chi connectivity index (χ4n) is 1.45. The first-order valence-electron chi connectivity index (χ1n) is 5.04. The molecule has 1 aliphatic heterocycles. The van der Waals surface area contributed by atoms with Crippen LogP contribution in [0.2, 0.25) is 0 Å². The highest BCUT2D eigenvalue weighted by atomic mass is 16.5. The maximum atomic E-state index is 11.9. The molecular formula is C11H17N2O2. The van der Waals surface area contributed by atoms with Crippen LogP contribution >= 0.6 is 0 Å². The molecule has 0 aliphatic carbocycles. The van der Waals surface area contributed by atoms with Gasteiger partial charge in [0.05, 0.1) is 13.2 Å². The Balaban J connectivity index is 2.52. The van der Waals surface area contributed by atoms with Crippen molar-refractivity contribution < 1.29 is 9.53 Å². The summed E-state index contributed by atoms with van der Waals surface area (Å²) in [6.07, 6.45) is 3.40. The average molecular weight is 209 g/mol. The second kappa shape index (κ2) is 6.37. The minimum atomic E-state index is -0.348. The molecular weight excluding hydrogens is 192 g/mol. The first kappa shape index (κ1) is 11.9. The number of rotatable bonds is 5. The maximum absolute atomic E-state index is 11.9. The van der Waals surface area contributed by atoms with Crippen LogP contribution in [0.25, 0.3) is 0 Å². The van der Waals surface area contributed by atoms with Gasteiger partial charge in [-0.1, -0.05) is 12.2 Å². The number of hydrogen-bond donors (Lipinski definition) is 0. The summed E-state index contributed by atoms with van der Waals surface area (Å²) < 4.78 is 5.22. The lowest BCUT2D eigenvalue weighted by Gasteiger charge is -2.27. The van der Waals surface area contributed by atoms with E-state index >= 15 is 0 Å². The highest BCUT2D eigenvalue weighted by molar-refractivity contribution is 5.82. The lowest BCUT2D eigenvalue weighted by atomic mass is 10.2. The third-order valence-electron chi connectivity index (χ3n) is 2.16. The largest absolute Gasteiger partial charge is 0.378 e. The Morgan fingerprint density at radius 2 is 2.13 bits per heavy atom. The van der Waals surface area contributed by atoms with E-state index in [1.54, 1.807) is 17.1 Å². The second-order valence-corrected chi connectivity index (χ2v) is 3.32. The third kappa shape index (κ3) is 3.49. The minimum Gasteiger partial charge on any atom is -0.378 e. The van der Waals surface area contributed by atoms with Gasteiger partial charge in [0.15, 0.2) is 0 Å². The van der Waals surface area contributed by atoms with Crippen LogP contribution in [0.5, 0.6) is 0 Å². The first-order valence-corrected chi connectivity index (χ1v) is 5.04. The van der Waals surface area contributed by atoms with Gasteiger partial charge in [0.25, 0.3) is 0 Å². The van der Waals surface area contributed by atoms with E-state index in [0.717, 1.165) is 0 Å². The van der Waals surface area contributed by atoms with Crippen LogP contribution < -0.4 is 5.32 Å². The highest BCUT2D eigenvalue weighted by Gasteiger charge is 2.25. The van der Waals surface area contributed by atoms with E-state index in [-0.39, 0.29) is 11.9 Å². The normalized spacial score (nSPS) is 20.7. The van der Waals surface area contributed by atoms with Crippen molar-refractivity contribution in [2.24, 2.45) is 0 Å². The molecule has 0 aromatic heterocycles. The molecule has 83 valence electrons. The van der Waals surface area contributed by atoms with Gasteiger partial charge in [0, 0.05) is 19.6 Å². The van der Waals surface area contributed by atoms with Gasteiger partial charge in [0.1, 0.15) is 6.04 Å². The fourth-order valence-corrected chi connectivity index (χ4v) is 1.45. The molecule has 1 radical (unpaired) electrons. The summed E-state index contributed by atoms with van der Waals surface area (Å²) in [5.74, 6) is -0.00509. The van der Waals surface area contributed by atoms with E-state index in [0.29, 0.717) is 32.8 Å². The van der Waals surface area contributed by atoms with Crippen LogP contribution in [0.15, 0.2) is 25.3 Å². The van der Waals surface area contributed by atoms with Crippen LogP contribution in [0.4, 0.5) is 0 Å². The molecule has 0 N–H and O–H groups in total. The summed E-state index contributed by atoms with van der Waals surface area (Å²) in [7, 11) is 0. The zero-order valence-electron chi connectivity index (χ0n) is 8.89. The van der Waals surface area contributed by atoms with Crippen LogP contribution in [0, 0.1) is 0 Å². The van der Waals surface area contributed by atoms with E-state index in [4.69, 9.17) is 4.74 Å². The summed E-state index contributed by atoms with van der Waals surface area (Å²) >= 11 is 0. The molecule has 1 aliphatic rings. The standard InChI is InChI=1S/C11H17N2O2/c1-3-6-13(7-4-2)11(14)10-9-15-8-5-12-10/h3-4,10H,1-2,5-9H2. The number of carbonyl (C=O) groups excluding carboxylic acids is 1. The van der Waals surface area contributed by atoms with Gasteiger partial charge in [-0.15, -0.1) is 13.2 Å². The number of ether oxygens (including phenoxy) is 1. The quantitative estimate of drug-likeness (QED) is 0.607. The number of amides is 1. The summed E-state index contributed by atoms with van der Waals surface area (Å²) in [6.45, 7) is 9.90. The van der Waals surface area contributed by atoms with Gasteiger partial charge in [-0.25, -0.2) is 5.32 Å². The van der Waals surface area contributed by atoms with Crippen molar-refractivity contribution in [3.8, 4) is 0 Å². The number of nitrogens with zero attached hydrogens (tertiary/aromatic N) is 2. The molecule has 1 saturated heterocycles. The van der Waals surface area contributed by atoms with Crippen molar-refractivity contribution in [3.63, 3.8) is 0 Å². The molecule has 0 aromatic carbocycles. The SMILES string of the molecule is C=CCN(CC=C)C(=O)C1COCC[N]1. The van der Waals surface area contributed by atoms with Gasteiger partial charge in [0.2, 0.25) is 5.91 Å². The van der Waals surface area contributed by atoms with Gasteiger partial charge in [-0.05, 0) is 0 Å². The van der Waals surface area contributed by atoms with E-state index in [1.807, 2.05) is 0 Å². The van der Waals surface area contributed by atoms with Crippen molar-refractivity contribution in [3.05, 3.63) is 25.3 Å². The molecule has 1 fully saturated rings. The van der Waals surface area contributed by atoms with Crippen LogP contribution in [-0.2, 0) is 9.53 Å². The molecule has 0 saturated carbocycles. The zero-order valence-corrected chi connectivity index (χ0v) is 8.89. The van der Waals surface area contributed by atoms with Crippen LogP contribution in [0.3, 0.4) is 0 Å². The van der Waals surface area contributed by atoms with E-state index in [1.165, 1.54) is 0 Å². The summed E-state index contributed by atoms with van der Waals surface area (Å²) in [5.41, 5.74) is 0. The molecule has 0 bridgehead atoms. The highest BCUT2D eigenvalue weighted by Crippen LogP contribution is 2.02. The topological polar surface area (TPSA) is 43.6 Å². The Hall–Kier alpha value is -1.13. The third-order valence-corrected chi connectivity index (χ3v) is 2.16. The van der Waals surface area contributed by atoms with Gasteiger partial charge in [-0.2, -0.15) is 0 Å². The minimum absolute atomic E-state index is 0.00509. The monoisotopic (exact) mass is 209 g/mol. The van der Waals surface area contributed by atoms with E-state index in [9.17, 15) is 4.79 Å². The first-order chi connectivity index (χ1) is 7.29. The van der Waals surface area contributed by atoms with E-state index in [2.05, 4.69) is 18.5 Å². The lowest BCUT2D eigenvalue weighted by molar-refractivity contribution is -0.135. The maximum Gasteiger partial charge on any atom is 0.244 e. The predicted molar refractivity (Wildman–Crippen MR) is 58.6 cm³/mol. The molecule has 0 aromatic rings. The number of carbonyl (C=O) groups is 1. The van der Waals surface area contributed by atoms with Crippen LogP contribution in [-0.4, -0.2) is 49.7 Å². The van der Waals surface area contributed by atoms with Gasteiger partial charge >= 0.3 is 0 Å². The molecule has 1 atom stereocenters. The lowest BCUT2D eigenvalue weighted by Crippen LogP contribution is -2.49. The Morgan fingerprint density at radius 3 is 2.60 bits per heavy atom. The predicted octanol–water partition coefficient (Wildman–Crippen LogP) is 0.190. The zero-order chi connectivity index (χ0) is 11.1. The molecule has 1 heterocycles. The van der Waals surface area contributed by atoms with Crippen molar-refractivity contribution >= 4 is 5.91 Å². The molecule has 0 spiro atoms. The smallest absolute Gasteiger partial charge is 0.244 e. The summed E-state index contributed by atoms with van der Waals surface area (Å²) in [5, 5.41) is 4.23. The molecule has 4 heteroatoms. The molecule has 1 amide bonds. The molecule has 1 unspecified atom stereocenters. The summed E-state index contributed by atoms with van der Waals surface area (Å²) in [4.78, 5) is 13.6. The molecule has 1 rings (SSSR count). The number of morpholine rings is 1. The molecule has 4 nitrogen and oxygen atoms in total. The Morgan fingerprint density at radius 1 is 1.47 bits per heavy atom. The molecule has 15 heavy (non-hydrogen) atoms. The fraction of sp³-hybridized carbons (Fsp3) is 0.545. The second-order valence-electron chi connectivity index (χ2n) is 3.32.